The van der Waals surface area contributed by atoms with Crippen LogP contribution in [-0.4, -0.2) is 42.9 Å². The molecule has 27 heavy (non-hydrogen) atoms. The lowest BCUT2D eigenvalue weighted by Gasteiger charge is -2.34. The third kappa shape index (κ3) is 4.56. The van der Waals surface area contributed by atoms with Crippen LogP contribution in [0.25, 0.3) is 0 Å². The van der Waals surface area contributed by atoms with E-state index in [2.05, 4.69) is 10.1 Å². The Bertz CT molecular complexity index is 720. The summed E-state index contributed by atoms with van der Waals surface area (Å²) in [6.07, 6.45) is 8.40. The number of hydrogen-bond acceptors (Lipinski definition) is 4. The first kappa shape index (κ1) is 19.1. The van der Waals surface area contributed by atoms with Gasteiger partial charge in [-0.15, -0.1) is 0 Å². The summed E-state index contributed by atoms with van der Waals surface area (Å²) in [7, 11) is 1.33. The van der Waals surface area contributed by atoms with E-state index in [1.165, 1.54) is 13.5 Å². The zero-order valence-corrected chi connectivity index (χ0v) is 15.6. The molecule has 2 unspecified atom stereocenters. The second-order valence-electron chi connectivity index (χ2n) is 7.10. The maximum atomic E-state index is 12.9. The Morgan fingerprint density at radius 3 is 2.22 bits per heavy atom. The van der Waals surface area contributed by atoms with E-state index in [0.717, 1.165) is 25.9 Å². The quantitative estimate of drug-likeness (QED) is 0.653. The van der Waals surface area contributed by atoms with Crippen LogP contribution in [0, 0.1) is 11.8 Å². The van der Waals surface area contributed by atoms with Gasteiger partial charge in [0.1, 0.15) is 0 Å². The number of allylic oxidation sites excluding steroid dienone is 2. The van der Waals surface area contributed by atoms with E-state index in [1.54, 1.807) is 24.3 Å². The predicted molar refractivity (Wildman–Crippen MR) is 102 cm³/mol. The van der Waals surface area contributed by atoms with E-state index < -0.39 is 5.97 Å². The SMILES string of the molecule is COC(=O)c1ccc(NC(=O)C2CC=CCC2C(=O)N2CCCCC2)cc1. The molecule has 0 spiro atoms. The molecule has 2 amide bonds. The number of benzene rings is 1. The minimum atomic E-state index is -0.419. The van der Waals surface area contributed by atoms with Crippen LogP contribution in [0.2, 0.25) is 0 Å². The molecular weight excluding hydrogens is 344 g/mol. The van der Waals surface area contributed by atoms with Crippen LogP contribution in [0.1, 0.15) is 42.5 Å². The summed E-state index contributed by atoms with van der Waals surface area (Å²) in [4.78, 5) is 39.2. The molecule has 1 aliphatic carbocycles. The fourth-order valence-electron chi connectivity index (χ4n) is 3.77. The standard InChI is InChI=1S/C21H26N2O4/c1-27-21(26)15-9-11-16(12-10-15)22-19(24)17-7-3-4-8-18(17)20(25)23-13-5-2-6-14-23/h3-4,9-12,17-18H,2,5-8,13-14H2,1H3,(H,22,24). The van der Waals surface area contributed by atoms with Gasteiger partial charge in [-0.05, 0) is 56.4 Å². The first-order chi connectivity index (χ1) is 13.1. The maximum Gasteiger partial charge on any atom is 0.337 e. The summed E-state index contributed by atoms with van der Waals surface area (Å²) in [6.45, 7) is 1.59. The highest BCUT2D eigenvalue weighted by Crippen LogP contribution is 2.29. The number of methoxy groups -OCH3 is 1. The molecule has 1 saturated heterocycles. The molecule has 3 rings (SSSR count). The van der Waals surface area contributed by atoms with Crippen LogP contribution >= 0.6 is 0 Å². The monoisotopic (exact) mass is 370 g/mol. The molecule has 0 aromatic heterocycles. The highest BCUT2D eigenvalue weighted by atomic mass is 16.5. The second kappa shape index (κ2) is 8.84. The summed E-state index contributed by atoms with van der Waals surface area (Å²) in [6, 6.07) is 6.56. The van der Waals surface area contributed by atoms with Crippen molar-refractivity contribution in [3.8, 4) is 0 Å². The number of anilines is 1. The van der Waals surface area contributed by atoms with Crippen molar-refractivity contribution in [3.63, 3.8) is 0 Å². The van der Waals surface area contributed by atoms with Gasteiger partial charge >= 0.3 is 5.97 Å². The molecule has 1 heterocycles. The molecule has 1 aliphatic heterocycles. The van der Waals surface area contributed by atoms with Gasteiger partial charge in [-0.1, -0.05) is 12.2 Å². The van der Waals surface area contributed by atoms with Gasteiger partial charge in [0.2, 0.25) is 11.8 Å². The van der Waals surface area contributed by atoms with Crippen LogP contribution in [0.5, 0.6) is 0 Å². The Labute approximate surface area is 159 Å². The average Bonchev–Trinajstić information content (AvgIpc) is 2.73. The Morgan fingerprint density at radius 1 is 0.963 bits per heavy atom. The third-order valence-electron chi connectivity index (χ3n) is 5.33. The van der Waals surface area contributed by atoms with Crippen molar-refractivity contribution in [1.82, 2.24) is 4.90 Å². The molecule has 2 atom stereocenters. The van der Waals surface area contributed by atoms with Crippen LogP contribution in [-0.2, 0) is 14.3 Å². The van der Waals surface area contributed by atoms with Gasteiger partial charge in [0.05, 0.1) is 24.5 Å². The fraction of sp³-hybridized carbons (Fsp3) is 0.476. The molecule has 1 N–H and O–H groups in total. The molecule has 6 heteroatoms. The minimum Gasteiger partial charge on any atom is -0.465 e. The van der Waals surface area contributed by atoms with Gasteiger partial charge in [0.25, 0.3) is 0 Å². The van der Waals surface area contributed by atoms with Gasteiger partial charge in [-0.25, -0.2) is 4.79 Å². The molecule has 144 valence electrons. The zero-order chi connectivity index (χ0) is 19.2. The molecule has 2 aliphatic rings. The molecule has 0 bridgehead atoms. The largest absolute Gasteiger partial charge is 0.465 e. The van der Waals surface area contributed by atoms with Gasteiger partial charge in [0.15, 0.2) is 0 Å². The third-order valence-corrected chi connectivity index (χ3v) is 5.33. The van der Waals surface area contributed by atoms with Gasteiger partial charge in [-0.3, -0.25) is 9.59 Å². The van der Waals surface area contributed by atoms with Crippen molar-refractivity contribution >= 4 is 23.5 Å². The van der Waals surface area contributed by atoms with Crippen molar-refractivity contribution in [3.05, 3.63) is 42.0 Å². The molecule has 1 fully saturated rings. The van der Waals surface area contributed by atoms with Crippen molar-refractivity contribution < 1.29 is 19.1 Å². The van der Waals surface area contributed by atoms with Crippen LogP contribution in [0.15, 0.2) is 36.4 Å². The number of hydrogen-bond donors (Lipinski definition) is 1. The summed E-state index contributed by atoms with van der Waals surface area (Å²) in [5, 5.41) is 2.89. The van der Waals surface area contributed by atoms with E-state index >= 15 is 0 Å². The normalized spacial score (nSPS) is 22.2. The van der Waals surface area contributed by atoms with Crippen molar-refractivity contribution in [2.24, 2.45) is 11.8 Å². The second-order valence-corrected chi connectivity index (χ2v) is 7.10. The number of piperidine rings is 1. The number of rotatable bonds is 4. The summed E-state index contributed by atoms with van der Waals surface area (Å²) >= 11 is 0. The number of nitrogens with zero attached hydrogens (tertiary/aromatic N) is 1. The van der Waals surface area contributed by atoms with Crippen LogP contribution in [0.4, 0.5) is 5.69 Å². The van der Waals surface area contributed by atoms with Crippen molar-refractivity contribution in [2.75, 3.05) is 25.5 Å². The molecular formula is C21H26N2O4. The van der Waals surface area contributed by atoms with Gasteiger partial charge in [0, 0.05) is 18.8 Å². The lowest BCUT2D eigenvalue weighted by atomic mass is 9.81. The lowest BCUT2D eigenvalue weighted by molar-refractivity contribution is -0.141. The Hall–Kier alpha value is -2.63. The number of carbonyl (C=O) groups is 3. The Kier molecular flexibility index (Phi) is 6.27. The van der Waals surface area contributed by atoms with E-state index in [0.29, 0.717) is 24.1 Å². The molecule has 0 saturated carbocycles. The number of ether oxygens (including phenoxy) is 1. The van der Waals surface area contributed by atoms with E-state index in [4.69, 9.17) is 0 Å². The first-order valence-corrected chi connectivity index (χ1v) is 9.53. The summed E-state index contributed by atoms with van der Waals surface area (Å²) < 4.78 is 4.67. The van der Waals surface area contributed by atoms with E-state index in [9.17, 15) is 14.4 Å². The zero-order valence-electron chi connectivity index (χ0n) is 15.6. The van der Waals surface area contributed by atoms with Crippen molar-refractivity contribution in [1.29, 1.82) is 0 Å². The smallest absolute Gasteiger partial charge is 0.337 e. The molecule has 1 aromatic rings. The fourth-order valence-corrected chi connectivity index (χ4v) is 3.77. The van der Waals surface area contributed by atoms with Crippen LogP contribution in [0.3, 0.4) is 0 Å². The Morgan fingerprint density at radius 2 is 1.59 bits per heavy atom. The van der Waals surface area contributed by atoms with Crippen LogP contribution < -0.4 is 5.32 Å². The van der Waals surface area contributed by atoms with E-state index in [-0.39, 0.29) is 23.7 Å². The Balaban J connectivity index is 1.67. The molecule has 1 aromatic carbocycles. The summed E-state index contributed by atoms with van der Waals surface area (Å²) in [5.41, 5.74) is 1.03. The number of carbonyl (C=O) groups excluding carboxylic acids is 3. The highest BCUT2D eigenvalue weighted by Gasteiger charge is 2.36. The maximum absolute atomic E-state index is 12.9. The number of esters is 1. The highest BCUT2D eigenvalue weighted by molar-refractivity contribution is 5.97. The minimum absolute atomic E-state index is 0.0974. The first-order valence-electron chi connectivity index (χ1n) is 9.53. The number of likely N-dealkylation sites (tertiary alicyclic amines) is 1. The topological polar surface area (TPSA) is 75.7 Å². The number of amides is 2. The predicted octanol–water partition coefficient (Wildman–Crippen LogP) is 3.01. The lowest BCUT2D eigenvalue weighted by Crippen LogP contribution is -2.45. The summed E-state index contributed by atoms with van der Waals surface area (Å²) in [5.74, 6) is -1.15. The average molecular weight is 370 g/mol. The van der Waals surface area contributed by atoms with Gasteiger partial charge in [-0.2, -0.15) is 0 Å². The van der Waals surface area contributed by atoms with E-state index in [1.807, 2.05) is 17.1 Å². The van der Waals surface area contributed by atoms with Gasteiger partial charge < -0.3 is 15.0 Å². The molecule has 0 radical (unpaired) electrons. The number of nitrogens with one attached hydrogen (secondary N) is 1. The molecule has 6 nitrogen and oxygen atoms in total. The van der Waals surface area contributed by atoms with Crippen molar-refractivity contribution in [2.45, 2.75) is 32.1 Å².